The number of carbonyl (C=O) groups is 1. The Morgan fingerprint density at radius 2 is 2.11 bits per heavy atom. The second-order valence-corrected chi connectivity index (χ2v) is 4.73. The third-order valence-corrected chi connectivity index (χ3v) is 3.59. The van der Waals surface area contributed by atoms with E-state index in [9.17, 15) is 4.79 Å². The maximum absolute atomic E-state index is 11.8. The summed E-state index contributed by atoms with van der Waals surface area (Å²) in [5, 5.41) is 13.3. The van der Waals surface area contributed by atoms with Crippen molar-refractivity contribution in [2.45, 2.75) is 12.8 Å². The number of benzene rings is 1. The lowest BCUT2D eigenvalue weighted by molar-refractivity contribution is 0.0954. The molecule has 1 fully saturated rings. The predicted molar refractivity (Wildman–Crippen MR) is 68.4 cm³/mol. The Labute approximate surface area is 105 Å². The number of phenolic OH excluding ortho intramolecular Hbond substituents is 1. The number of hydrazone groups is 1. The molecule has 3 rings (SSSR count). The van der Waals surface area contributed by atoms with Crippen molar-refractivity contribution in [1.82, 2.24) is 5.43 Å². The van der Waals surface area contributed by atoms with Crippen LogP contribution < -0.4 is 5.43 Å². The van der Waals surface area contributed by atoms with Gasteiger partial charge in [0.15, 0.2) is 0 Å². The molecule has 1 aromatic rings. The summed E-state index contributed by atoms with van der Waals surface area (Å²) < 4.78 is 0. The number of aromatic hydroxyl groups is 1. The minimum atomic E-state index is -0.239. The van der Waals surface area contributed by atoms with Gasteiger partial charge < -0.3 is 5.11 Å². The molecule has 2 aliphatic carbocycles. The highest BCUT2D eigenvalue weighted by atomic mass is 16.3. The Morgan fingerprint density at radius 1 is 1.33 bits per heavy atom. The number of amides is 1. The van der Waals surface area contributed by atoms with Crippen LogP contribution in [0.1, 0.15) is 23.2 Å². The molecule has 0 aromatic heterocycles. The van der Waals surface area contributed by atoms with Gasteiger partial charge in [-0.15, -0.1) is 0 Å². The van der Waals surface area contributed by atoms with E-state index in [0.717, 1.165) is 18.6 Å². The molecule has 1 aromatic carbocycles. The highest BCUT2D eigenvalue weighted by molar-refractivity contribution is 5.98. The van der Waals surface area contributed by atoms with Crippen molar-refractivity contribution in [3.63, 3.8) is 0 Å². The number of nitrogens with zero attached hydrogens (tertiary/aromatic N) is 1. The van der Waals surface area contributed by atoms with Gasteiger partial charge in [0, 0.05) is 17.2 Å². The number of hydrogen-bond donors (Lipinski definition) is 2. The molecule has 2 aliphatic rings. The van der Waals surface area contributed by atoms with Crippen molar-refractivity contribution in [2.75, 3.05) is 0 Å². The van der Waals surface area contributed by atoms with Gasteiger partial charge >= 0.3 is 0 Å². The van der Waals surface area contributed by atoms with Crippen molar-refractivity contribution in [2.24, 2.45) is 16.9 Å². The SMILES string of the molecule is O=C(N/N=C1/C[C@H]2C=CC[C@@H]12)c1ccc(O)cc1. The van der Waals surface area contributed by atoms with Crippen LogP contribution in [0.3, 0.4) is 0 Å². The van der Waals surface area contributed by atoms with Crippen molar-refractivity contribution in [3.05, 3.63) is 42.0 Å². The summed E-state index contributed by atoms with van der Waals surface area (Å²) in [5.41, 5.74) is 4.15. The van der Waals surface area contributed by atoms with E-state index < -0.39 is 0 Å². The van der Waals surface area contributed by atoms with Crippen LogP contribution in [0, 0.1) is 11.8 Å². The molecular weight excluding hydrogens is 228 g/mol. The Hall–Kier alpha value is -2.10. The van der Waals surface area contributed by atoms with E-state index in [1.165, 1.54) is 12.1 Å². The average Bonchev–Trinajstić information content (AvgIpc) is 2.72. The first-order chi connectivity index (χ1) is 8.74. The summed E-state index contributed by atoms with van der Waals surface area (Å²) in [6.07, 6.45) is 6.40. The number of fused-ring (bicyclic) bond motifs is 1. The van der Waals surface area contributed by atoms with Crippen LogP contribution in [-0.4, -0.2) is 16.7 Å². The fourth-order valence-electron chi connectivity index (χ4n) is 2.46. The summed E-state index contributed by atoms with van der Waals surface area (Å²) in [6, 6.07) is 6.13. The van der Waals surface area contributed by atoms with Gasteiger partial charge in [0.2, 0.25) is 0 Å². The second kappa shape index (κ2) is 4.29. The van der Waals surface area contributed by atoms with Gasteiger partial charge in [-0.25, -0.2) is 5.43 Å². The lowest BCUT2D eigenvalue weighted by Gasteiger charge is -2.31. The van der Waals surface area contributed by atoms with E-state index in [1.54, 1.807) is 12.1 Å². The molecule has 0 unspecified atom stereocenters. The number of nitrogens with one attached hydrogen (secondary N) is 1. The molecule has 0 heterocycles. The summed E-state index contributed by atoms with van der Waals surface area (Å²) >= 11 is 0. The minimum absolute atomic E-state index is 0.150. The van der Waals surface area contributed by atoms with E-state index >= 15 is 0 Å². The highest BCUT2D eigenvalue weighted by Gasteiger charge is 2.37. The van der Waals surface area contributed by atoms with Crippen LogP contribution in [0.5, 0.6) is 5.75 Å². The zero-order valence-electron chi connectivity index (χ0n) is 9.84. The monoisotopic (exact) mass is 242 g/mol. The standard InChI is InChI=1S/C14H14N2O2/c17-11-6-4-9(5-7-11)14(18)16-15-13-8-10-2-1-3-12(10)13/h1-2,4-7,10,12,17H,3,8H2,(H,16,18)/b15-13-/t10-,12-/m1/s1. The van der Waals surface area contributed by atoms with E-state index in [1.807, 2.05) is 0 Å². The van der Waals surface area contributed by atoms with Gasteiger partial charge in [0.25, 0.3) is 5.91 Å². The van der Waals surface area contributed by atoms with Gasteiger partial charge in [0.05, 0.1) is 0 Å². The summed E-state index contributed by atoms with van der Waals surface area (Å²) in [5.74, 6) is 1.05. The second-order valence-electron chi connectivity index (χ2n) is 4.73. The smallest absolute Gasteiger partial charge is 0.271 e. The molecule has 0 radical (unpaired) electrons. The number of allylic oxidation sites excluding steroid dienone is 2. The van der Waals surface area contributed by atoms with Crippen LogP contribution in [0.25, 0.3) is 0 Å². The van der Waals surface area contributed by atoms with Crippen molar-refractivity contribution < 1.29 is 9.90 Å². The predicted octanol–water partition coefficient (Wildman–Crippen LogP) is 2.07. The molecule has 0 aliphatic heterocycles. The largest absolute Gasteiger partial charge is 0.508 e. The fraction of sp³-hybridized carbons (Fsp3) is 0.286. The molecule has 1 saturated carbocycles. The molecule has 4 heteroatoms. The van der Waals surface area contributed by atoms with Crippen LogP contribution in [0.4, 0.5) is 0 Å². The van der Waals surface area contributed by atoms with Gasteiger partial charge in [0.1, 0.15) is 5.75 Å². The maximum Gasteiger partial charge on any atom is 0.271 e. The lowest BCUT2D eigenvalue weighted by Crippen LogP contribution is -2.35. The molecule has 0 saturated heterocycles. The van der Waals surface area contributed by atoms with Crippen molar-refractivity contribution in [3.8, 4) is 5.75 Å². The third-order valence-electron chi connectivity index (χ3n) is 3.59. The Morgan fingerprint density at radius 3 is 2.83 bits per heavy atom. The van der Waals surface area contributed by atoms with Crippen molar-refractivity contribution >= 4 is 11.6 Å². The van der Waals surface area contributed by atoms with E-state index in [-0.39, 0.29) is 11.7 Å². The fourth-order valence-corrected chi connectivity index (χ4v) is 2.46. The Kier molecular flexibility index (Phi) is 2.63. The van der Waals surface area contributed by atoms with Gasteiger partial charge in [-0.2, -0.15) is 5.10 Å². The van der Waals surface area contributed by atoms with Gasteiger partial charge in [-0.05, 0) is 43.0 Å². The molecule has 0 bridgehead atoms. The number of phenols is 1. The molecule has 0 spiro atoms. The number of rotatable bonds is 2. The summed E-state index contributed by atoms with van der Waals surface area (Å²) in [7, 11) is 0. The van der Waals surface area contributed by atoms with Gasteiger partial charge in [-0.3, -0.25) is 4.79 Å². The molecule has 1 amide bonds. The molecule has 4 nitrogen and oxygen atoms in total. The first kappa shape index (κ1) is 11.0. The van der Waals surface area contributed by atoms with Crippen LogP contribution in [0.2, 0.25) is 0 Å². The first-order valence-electron chi connectivity index (χ1n) is 6.06. The third kappa shape index (κ3) is 1.90. The molecular formula is C14H14N2O2. The minimum Gasteiger partial charge on any atom is -0.508 e. The average molecular weight is 242 g/mol. The Bertz CT molecular complexity index is 531. The van der Waals surface area contributed by atoms with E-state index in [0.29, 0.717) is 17.4 Å². The molecule has 92 valence electrons. The van der Waals surface area contributed by atoms with Crippen molar-refractivity contribution in [1.29, 1.82) is 0 Å². The first-order valence-corrected chi connectivity index (χ1v) is 6.06. The van der Waals surface area contributed by atoms with Crippen LogP contribution in [-0.2, 0) is 0 Å². The van der Waals surface area contributed by atoms with Crippen LogP contribution in [0.15, 0.2) is 41.5 Å². The van der Waals surface area contributed by atoms with Crippen LogP contribution >= 0.6 is 0 Å². The lowest BCUT2D eigenvalue weighted by atomic mass is 9.74. The van der Waals surface area contributed by atoms with E-state index in [2.05, 4.69) is 22.7 Å². The Balaban J connectivity index is 1.62. The molecule has 2 N–H and O–H groups in total. The normalized spacial score (nSPS) is 26.8. The van der Waals surface area contributed by atoms with E-state index in [4.69, 9.17) is 5.11 Å². The number of hydrogen-bond acceptors (Lipinski definition) is 3. The maximum atomic E-state index is 11.8. The number of carbonyl (C=O) groups excluding carboxylic acids is 1. The van der Waals surface area contributed by atoms with Gasteiger partial charge in [-0.1, -0.05) is 12.2 Å². The summed E-state index contributed by atoms with van der Waals surface area (Å²) in [6.45, 7) is 0. The highest BCUT2D eigenvalue weighted by Crippen LogP contribution is 2.40. The summed E-state index contributed by atoms with van der Waals surface area (Å²) in [4.78, 5) is 11.8. The topological polar surface area (TPSA) is 61.7 Å². The quantitative estimate of drug-likeness (QED) is 0.616. The zero-order valence-corrected chi connectivity index (χ0v) is 9.84. The molecule has 18 heavy (non-hydrogen) atoms. The zero-order chi connectivity index (χ0) is 12.5. The molecule has 2 atom stereocenters.